The Kier molecular flexibility index (Phi) is 7.31. The first-order chi connectivity index (χ1) is 13.7. The van der Waals surface area contributed by atoms with Crippen molar-refractivity contribution in [1.29, 1.82) is 0 Å². The van der Waals surface area contributed by atoms with Crippen LogP contribution in [0.5, 0.6) is 0 Å². The molecule has 0 bridgehead atoms. The number of benzene rings is 1. The van der Waals surface area contributed by atoms with Gasteiger partial charge in [0.2, 0.25) is 5.91 Å². The first kappa shape index (κ1) is 20.6. The molecule has 1 aromatic rings. The predicted molar refractivity (Wildman–Crippen MR) is 109 cm³/mol. The van der Waals surface area contributed by atoms with Gasteiger partial charge < -0.3 is 20.6 Å². The number of likely N-dealkylation sites (tertiary alicyclic amines) is 1. The number of nitrogens with zero attached hydrogens (tertiary/aromatic N) is 1. The second kappa shape index (κ2) is 9.92. The number of hydrogen-bond donors (Lipinski definition) is 3. The summed E-state index contributed by atoms with van der Waals surface area (Å²) in [6.45, 7) is 2.94. The Bertz CT molecular complexity index is 646. The van der Waals surface area contributed by atoms with Crippen LogP contribution in [0.2, 0.25) is 0 Å². The topological polar surface area (TPSA) is 81.7 Å². The van der Waals surface area contributed by atoms with Crippen molar-refractivity contribution < 1.29 is 14.7 Å². The molecule has 1 saturated heterocycles. The number of aliphatic hydroxyl groups is 1. The molecule has 1 aliphatic carbocycles. The van der Waals surface area contributed by atoms with E-state index in [9.17, 15) is 14.7 Å². The number of rotatable bonds is 7. The second-order valence-corrected chi connectivity index (χ2v) is 7.97. The summed E-state index contributed by atoms with van der Waals surface area (Å²) in [5, 5.41) is 16.0. The lowest BCUT2D eigenvalue weighted by Gasteiger charge is -2.54. The summed E-state index contributed by atoms with van der Waals surface area (Å²) in [6, 6.07) is 9.39. The van der Waals surface area contributed by atoms with Crippen LogP contribution < -0.4 is 10.6 Å². The van der Waals surface area contributed by atoms with Gasteiger partial charge in [-0.05, 0) is 24.8 Å². The third kappa shape index (κ3) is 4.49. The van der Waals surface area contributed by atoms with Crippen LogP contribution in [0.3, 0.4) is 0 Å². The van der Waals surface area contributed by atoms with Gasteiger partial charge in [-0.1, -0.05) is 56.5 Å². The summed E-state index contributed by atoms with van der Waals surface area (Å²) in [6.07, 6.45) is 6.22. The van der Waals surface area contributed by atoms with Gasteiger partial charge in [-0.15, -0.1) is 0 Å². The minimum absolute atomic E-state index is 0.0187. The van der Waals surface area contributed by atoms with Crippen molar-refractivity contribution in [2.45, 2.75) is 63.5 Å². The standard InChI is InChI=1S/C22H33N3O3/c1-2-13-23-22(28)25-18(14-24-21(27)17-11-7-4-8-12-17)20(19(25)15-26)16-9-5-3-6-10-16/h3,5-6,9-10,17-20,26H,2,4,7-8,11-15H2,1H3,(H,23,28)(H,24,27)/t18-,19+,20+/m0/s1. The Morgan fingerprint density at radius 1 is 1.07 bits per heavy atom. The lowest BCUT2D eigenvalue weighted by atomic mass is 9.75. The van der Waals surface area contributed by atoms with Gasteiger partial charge in [-0.25, -0.2) is 4.79 Å². The normalized spacial score (nSPS) is 25.1. The lowest BCUT2D eigenvalue weighted by molar-refractivity contribution is -0.126. The van der Waals surface area contributed by atoms with Gasteiger partial charge >= 0.3 is 6.03 Å². The van der Waals surface area contributed by atoms with Crippen LogP contribution in [0.25, 0.3) is 0 Å². The molecule has 3 amide bonds. The van der Waals surface area contributed by atoms with Crippen LogP contribution >= 0.6 is 0 Å². The molecule has 0 unspecified atom stereocenters. The number of hydrogen-bond acceptors (Lipinski definition) is 3. The smallest absolute Gasteiger partial charge is 0.318 e. The van der Waals surface area contributed by atoms with Gasteiger partial charge in [-0.3, -0.25) is 4.79 Å². The van der Waals surface area contributed by atoms with Crippen LogP contribution in [0.4, 0.5) is 4.79 Å². The number of aliphatic hydroxyl groups excluding tert-OH is 1. The Hall–Kier alpha value is -2.08. The molecular weight excluding hydrogens is 354 g/mol. The molecule has 0 aromatic heterocycles. The van der Waals surface area contributed by atoms with Crippen molar-refractivity contribution in [2.24, 2.45) is 5.92 Å². The monoisotopic (exact) mass is 387 g/mol. The van der Waals surface area contributed by atoms with E-state index in [0.29, 0.717) is 13.1 Å². The highest BCUT2D eigenvalue weighted by Crippen LogP contribution is 2.40. The second-order valence-electron chi connectivity index (χ2n) is 7.97. The molecule has 3 N–H and O–H groups in total. The summed E-state index contributed by atoms with van der Waals surface area (Å²) in [4.78, 5) is 27.0. The molecule has 3 atom stereocenters. The van der Waals surface area contributed by atoms with Crippen molar-refractivity contribution in [3.05, 3.63) is 35.9 Å². The minimum Gasteiger partial charge on any atom is -0.394 e. The van der Waals surface area contributed by atoms with Gasteiger partial charge in [0.15, 0.2) is 0 Å². The van der Waals surface area contributed by atoms with E-state index >= 15 is 0 Å². The minimum atomic E-state index is -0.268. The van der Waals surface area contributed by atoms with E-state index < -0.39 is 0 Å². The first-order valence-corrected chi connectivity index (χ1v) is 10.7. The van der Waals surface area contributed by atoms with Crippen LogP contribution in [-0.4, -0.2) is 53.7 Å². The molecule has 2 fully saturated rings. The number of carbonyl (C=O) groups excluding carboxylic acids is 2. The Balaban J connectivity index is 1.71. The predicted octanol–water partition coefficient (Wildman–Crippen LogP) is 2.63. The van der Waals surface area contributed by atoms with Crippen LogP contribution in [0.15, 0.2) is 30.3 Å². The average Bonchev–Trinajstić information content (AvgIpc) is 2.73. The van der Waals surface area contributed by atoms with E-state index in [-0.39, 0.29) is 42.5 Å². The summed E-state index contributed by atoms with van der Waals surface area (Å²) in [7, 11) is 0. The summed E-state index contributed by atoms with van der Waals surface area (Å²) in [5.74, 6) is 0.220. The molecule has 3 rings (SSSR count). The summed E-state index contributed by atoms with van der Waals surface area (Å²) in [5.41, 5.74) is 1.10. The molecule has 0 spiro atoms. The SMILES string of the molecule is CCCNC(=O)N1[C@H](CO)[C@H](c2ccccc2)[C@@H]1CNC(=O)C1CCCCC1. The molecule has 1 aromatic carbocycles. The third-order valence-corrected chi connectivity index (χ3v) is 6.14. The Labute approximate surface area is 167 Å². The number of carbonyl (C=O) groups is 2. The van der Waals surface area contributed by atoms with Gasteiger partial charge in [0, 0.05) is 24.9 Å². The summed E-state index contributed by atoms with van der Waals surface area (Å²) < 4.78 is 0. The molecule has 6 heteroatoms. The molecule has 28 heavy (non-hydrogen) atoms. The quantitative estimate of drug-likeness (QED) is 0.673. The molecule has 1 heterocycles. The van der Waals surface area contributed by atoms with E-state index in [0.717, 1.165) is 37.7 Å². The molecule has 1 saturated carbocycles. The molecular formula is C22H33N3O3. The number of urea groups is 1. The third-order valence-electron chi connectivity index (χ3n) is 6.14. The van der Waals surface area contributed by atoms with E-state index in [1.807, 2.05) is 37.3 Å². The van der Waals surface area contributed by atoms with Gasteiger partial charge in [0.1, 0.15) is 0 Å². The highest BCUT2D eigenvalue weighted by atomic mass is 16.3. The number of nitrogens with one attached hydrogen (secondary N) is 2. The molecule has 154 valence electrons. The lowest BCUT2D eigenvalue weighted by Crippen LogP contribution is -2.70. The zero-order valence-electron chi connectivity index (χ0n) is 16.8. The van der Waals surface area contributed by atoms with Crippen molar-refractivity contribution in [3.63, 3.8) is 0 Å². The fraction of sp³-hybridized carbons (Fsp3) is 0.636. The van der Waals surface area contributed by atoms with Crippen molar-refractivity contribution in [2.75, 3.05) is 19.7 Å². The van der Waals surface area contributed by atoms with Crippen LogP contribution in [0, 0.1) is 5.92 Å². The highest BCUT2D eigenvalue weighted by molar-refractivity contribution is 5.79. The fourth-order valence-corrected chi connectivity index (χ4v) is 4.63. The largest absolute Gasteiger partial charge is 0.394 e. The number of amides is 3. The maximum absolute atomic E-state index is 12.7. The van der Waals surface area contributed by atoms with E-state index in [1.165, 1.54) is 6.42 Å². The highest BCUT2D eigenvalue weighted by Gasteiger charge is 2.51. The summed E-state index contributed by atoms with van der Waals surface area (Å²) >= 11 is 0. The zero-order chi connectivity index (χ0) is 19.9. The molecule has 2 aliphatic rings. The zero-order valence-corrected chi connectivity index (χ0v) is 16.8. The molecule has 1 aliphatic heterocycles. The Morgan fingerprint density at radius 3 is 2.43 bits per heavy atom. The molecule has 0 radical (unpaired) electrons. The maximum atomic E-state index is 12.7. The van der Waals surface area contributed by atoms with Crippen molar-refractivity contribution in [1.82, 2.24) is 15.5 Å². The van der Waals surface area contributed by atoms with E-state index in [4.69, 9.17) is 0 Å². The van der Waals surface area contributed by atoms with Crippen molar-refractivity contribution >= 4 is 11.9 Å². The molecule has 6 nitrogen and oxygen atoms in total. The van der Waals surface area contributed by atoms with E-state index in [2.05, 4.69) is 10.6 Å². The fourth-order valence-electron chi connectivity index (χ4n) is 4.63. The maximum Gasteiger partial charge on any atom is 0.318 e. The van der Waals surface area contributed by atoms with E-state index in [1.54, 1.807) is 4.90 Å². The van der Waals surface area contributed by atoms with Crippen LogP contribution in [-0.2, 0) is 4.79 Å². The van der Waals surface area contributed by atoms with Crippen LogP contribution in [0.1, 0.15) is 56.9 Å². The average molecular weight is 388 g/mol. The van der Waals surface area contributed by atoms with Gasteiger partial charge in [0.25, 0.3) is 0 Å². The Morgan fingerprint density at radius 2 is 1.79 bits per heavy atom. The van der Waals surface area contributed by atoms with Gasteiger partial charge in [0.05, 0.1) is 18.7 Å². The van der Waals surface area contributed by atoms with Gasteiger partial charge in [-0.2, -0.15) is 0 Å². The van der Waals surface area contributed by atoms with Crippen molar-refractivity contribution in [3.8, 4) is 0 Å². The first-order valence-electron chi connectivity index (χ1n) is 10.7.